The molecule has 0 aliphatic heterocycles. The molecule has 0 aromatic carbocycles. The normalized spacial score (nSPS) is 14.4. The van der Waals surface area contributed by atoms with Gasteiger partial charge in [-0.1, -0.05) is 11.6 Å². The molecule has 6 nitrogen and oxygen atoms in total. The molecule has 92 valence electrons. The molecule has 0 fully saturated rings. The largest absolute Gasteiger partial charge is 0.395 e. The zero-order valence-corrected chi connectivity index (χ0v) is 10.8. The van der Waals surface area contributed by atoms with Gasteiger partial charge in [0, 0.05) is 20.1 Å². The molecular formula is C8H14ClN3O3S. The van der Waals surface area contributed by atoms with Gasteiger partial charge in [0.2, 0.25) is 0 Å². The molecule has 0 radical (unpaired) electrons. The van der Waals surface area contributed by atoms with Crippen LogP contribution in [0.5, 0.6) is 0 Å². The summed E-state index contributed by atoms with van der Waals surface area (Å²) in [5, 5.41) is 12.7. The van der Waals surface area contributed by atoms with Crippen molar-refractivity contribution in [3.8, 4) is 0 Å². The number of aryl methyl sites for hydroxylation is 1. The fourth-order valence-electron chi connectivity index (χ4n) is 1.18. The van der Waals surface area contributed by atoms with Crippen LogP contribution in [0.25, 0.3) is 0 Å². The van der Waals surface area contributed by atoms with Gasteiger partial charge >= 0.3 is 0 Å². The number of nitrogens with zero attached hydrogens (tertiary/aromatic N) is 3. The van der Waals surface area contributed by atoms with Gasteiger partial charge in [-0.2, -0.15) is 9.40 Å². The first kappa shape index (κ1) is 13.4. The van der Waals surface area contributed by atoms with Crippen LogP contribution >= 0.6 is 11.6 Å². The van der Waals surface area contributed by atoms with Crippen molar-refractivity contribution in [3.05, 3.63) is 11.2 Å². The first-order valence-electron chi connectivity index (χ1n) is 4.58. The molecule has 16 heavy (non-hydrogen) atoms. The van der Waals surface area contributed by atoms with Crippen molar-refractivity contribution in [2.75, 3.05) is 13.7 Å². The molecule has 1 atom stereocenters. The van der Waals surface area contributed by atoms with E-state index < -0.39 is 16.1 Å². The van der Waals surface area contributed by atoms with Gasteiger partial charge in [-0.15, -0.1) is 0 Å². The molecule has 0 aliphatic carbocycles. The monoisotopic (exact) mass is 267 g/mol. The molecule has 1 unspecified atom stereocenters. The van der Waals surface area contributed by atoms with Crippen molar-refractivity contribution < 1.29 is 13.5 Å². The number of halogens is 1. The lowest BCUT2D eigenvalue weighted by molar-refractivity contribution is 0.213. The molecule has 8 heteroatoms. The third-order valence-corrected chi connectivity index (χ3v) is 4.83. The van der Waals surface area contributed by atoms with Crippen LogP contribution in [-0.2, 0) is 17.1 Å². The molecule has 1 rings (SSSR count). The van der Waals surface area contributed by atoms with E-state index in [1.54, 1.807) is 6.92 Å². The van der Waals surface area contributed by atoms with Crippen LogP contribution in [-0.4, -0.2) is 47.3 Å². The van der Waals surface area contributed by atoms with Crippen molar-refractivity contribution in [2.45, 2.75) is 18.0 Å². The van der Waals surface area contributed by atoms with Crippen LogP contribution < -0.4 is 0 Å². The average Bonchev–Trinajstić information content (AvgIpc) is 2.56. The fraction of sp³-hybridized carbons (Fsp3) is 0.625. The summed E-state index contributed by atoms with van der Waals surface area (Å²) in [5.74, 6) is 0. The van der Waals surface area contributed by atoms with Crippen LogP contribution in [0.3, 0.4) is 0 Å². The van der Waals surface area contributed by atoms with Crippen molar-refractivity contribution in [2.24, 2.45) is 7.05 Å². The summed E-state index contributed by atoms with van der Waals surface area (Å²) in [4.78, 5) is 0. The summed E-state index contributed by atoms with van der Waals surface area (Å²) in [5.41, 5.74) is 0. The summed E-state index contributed by atoms with van der Waals surface area (Å²) in [6, 6.07) is -0.518. The van der Waals surface area contributed by atoms with E-state index in [0.717, 1.165) is 4.31 Å². The van der Waals surface area contributed by atoms with Gasteiger partial charge in [0.25, 0.3) is 10.0 Å². The van der Waals surface area contributed by atoms with E-state index in [9.17, 15) is 8.42 Å². The molecule has 0 spiro atoms. The smallest absolute Gasteiger partial charge is 0.261 e. The second-order valence-corrected chi connectivity index (χ2v) is 5.79. The van der Waals surface area contributed by atoms with E-state index in [1.165, 1.54) is 25.0 Å². The van der Waals surface area contributed by atoms with Crippen LogP contribution in [0.4, 0.5) is 0 Å². The third kappa shape index (κ3) is 2.22. The molecule has 0 saturated heterocycles. The van der Waals surface area contributed by atoms with E-state index in [1.807, 2.05) is 0 Å². The quantitative estimate of drug-likeness (QED) is 0.838. The maximum atomic E-state index is 12.1. The molecule has 1 aromatic rings. The number of hydrogen-bond acceptors (Lipinski definition) is 4. The van der Waals surface area contributed by atoms with E-state index in [4.69, 9.17) is 16.7 Å². The Morgan fingerprint density at radius 3 is 2.62 bits per heavy atom. The van der Waals surface area contributed by atoms with Gasteiger partial charge in [0.15, 0.2) is 5.03 Å². The highest BCUT2D eigenvalue weighted by Crippen LogP contribution is 2.23. The number of sulfonamides is 1. The van der Waals surface area contributed by atoms with Gasteiger partial charge in [0.1, 0.15) is 0 Å². The minimum absolute atomic E-state index is 0.0690. The summed E-state index contributed by atoms with van der Waals surface area (Å²) in [6.07, 6.45) is 1.27. The summed E-state index contributed by atoms with van der Waals surface area (Å²) in [6.45, 7) is 1.34. The van der Waals surface area contributed by atoms with Gasteiger partial charge in [-0.3, -0.25) is 4.68 Å². The second-order valence-electron chi connectivity index (χ2n) is 3.47. The summed E-state index contributed by atoms with van der Waals surface area (Å²) in [7, 11) is -0.842. The van der Waals surface area contributed by atoms with Crippen LogP contribution in [0.2, 0.25) is 5.02 Å². The Balaban J connectivity index is 3.22. The second kappa shape index (κ2) is 4.70. The standard InChI is InChI=1S/C8H14ClN3O3S/c1-6(5-13)12(3)16(14,15)8-7(9)4-10-11(8)2/h4,6,13H,5H2,1-3H3. The number of likely N-dealkylation sites (N-methyl/N-ethyl adjacent to an activating group) is 1. The van der Waals surface area contributed by atoms with Crippen LogP contribution in [0.15, 0.2) is 11.2 Å². The zero-order chi connectivity index (χ0) is 12.5. The molecule has 1 aromatic heterocycles. The Bertz CT molecular complexity index is 451. The summed E-state index contributed by atoms with van der Waals surface area (Å²) >= 11 is 5.77. The number of rotatable bonds is 4. The predicted octanol–water partition coefficient (Wildman–Crippen LogP) is 0.0748. The molecule has 0 saturated carbocycles. The number of aliphatic hydroxyl groups is 1. The lowest BCUT2D eigenvalue weighted by Crippen LogP contribution is -2.38. The first-order valence-corrected chi connectivity index (χ1v) is 6.40. The molecule has 0 bridgehead atoms. The predicted molar refractivity (Wildman–Crippen MR) is 59.7 cm³/mol. The highest BCUT2D eigenvalue weighted by atomic mass is 35.5. The van der Waals surface area contributed by atoms with Crippen LogP contribution in [0, 0.1) is 0 Å². The fourth-order valence-corrected chi connectivity index (χ4v) is 3.13. The van der Waals surface area contributed by atoms with Crippen molar-refractivity contribution in [1.29, 1.82) is 0 Å². The average molecular weight is 268 g/mol. The van der Waals surface area contributed by atoms with E-state index >= 15 is 0 Å². The van der Waals surface area contributed by atoms with Crippen molar-refractivity contribution >= 4 is 21.6 Å². The van der Waals surface area contributed by atoms with Gasteiger partial charge in [-0.25, -0.2) is 8.42 Å². The Morgan fingerprint density at radius 2 is 2.25 bits per heavy atom. The molecule has 0 aliphatic rings. The topological polar surface area (TPSA) is 75.4 Å². The molecule has 1 heterocycles. The van der Waals surface area contributed by atoms with E-state index in [-0.39, 0.29) is 16.7 Å². The van der Waals surface area contributed by atoms with Crippen molar-refractivity contribution in [3.63, 3.8) is 0 Å². The van der Waals surface area contributed by atoms with Crippen LogP contribution in [0.1, 0.15) is 6.92 Å². The zero-order valence-electron chi connectivity index (χ0n) is 9.25. The van der Waals surface area contributed by atoms with Gasteiger partial charge in [0.05, 0.1) is 17.8 Å². The Labute approximate surface area is 99.5 Å². The lowest BCUT2D eigenvalue weighted by Gasteiger charge is -2.22. The summed E-state index contributed by atoms with van der Waals surface area (Å²) < 4.78 is 26.5. The molecular weight excluding hydrogens is 254 g/mol. The maximum absolute atomic E-state index is 12.1. The Kier molecular flexibility index (Phi) is 3.95. The van der Waals surface area contributed by atoms with E-state index in [0.29, 0.717) is 0 Å². The number of aromatic nitrogens is 2. The van der Waals surface area contributed by atoms with Gasteiger partial charge in [-0.05, 0) is 6.92 Å². The highest BCUT2D eigenvalue weighted by Gasteiger charge is 2.30. The number of aliphatic hydroxyl groups excluding tert-OH is 1. The minimum Gasteiger partial charge on any atom is -0.395 e. The lowest BCUT2D eigenvalue weighted by atomic mass is 10.4. The minimum atomic E-state index is -3.73. The molecule has 1 N–H and O–H groups in total. The maximum Gasteiger partial charge on any atom is 0.261 e. The SMILES string of the molecule is CC(CO)N(C)S(=O)(=O)c1c(Cl)cnn1C. The number of hydrogen-bond donors (Lipinski definition) is 1. The third-order valence-electron chi connectivity index (χ3n) is 2.35. The highest BCUT2D eigenvalue weighted by molar-refractivity contribution is 7.89. The Hall–Kier alpha value is -0.630. The van der Waals surface area contributed by atoms with Crippen molar-refractivity contribution in [1.82, 2.24) is 14.1 Å². The van der Waals surface area contributed by atoms with Gasteiger partial charge < -0.3 is 5.11 Å². The first-order chi connectivity index (χ1) is 7.32. The van der Waals surface area contributed by atoms with E-state index in [2.05, 4.69) is 5.10 Å². The molecule has 0 amide bonds. The Morgan fingerprint density at radius 1 is 1.69 bits per heavy atom.